The first-order chi connectivity index (χ1) is 15.3. The van der Waals surface area contributed by atoms with Crippen molar-refractivity contribution in [3.63, 3.8) is 0 Å². The summed E-state index contributed by atoms with van der Waals surface area (Å²) < 4.78 is 11.1. The Labute approximate surface area is 187 Å². The van der Waals surface area contributed by atoms with Crippen LogP contribution in [0.3, 0.4) is 0 Å². The first-order valence-corrected chi connectivity index (χ1v) is 11.5. The standard InChI is InChI=1S/C26H37N3O2/c1-27-26(29-18-15-24(16-19-29)31-21-9-20-30-2)28-17-14-25(22-10-5-3-6-11-22)23-12-7-4-8-13-23/h3-8,10-13,24-25H,9,14-21H2,1-2H3,(H,27,28). The third kappa shape index (κ3) is 7.37. The number of ether oxygens (including phenoxy) is 2. The van der Waals surface area contributed by atoms with Crippen LogP contribution in [0.15, 0.2) is 65.7 Å². The molecule has 0 aliphatic carbocycles. The van der Waals surface area contributed by atoms with Gasteiger partial charge in [0.1, 0.15) is 0 Å². The molecule has 0 radical (unpaired) electrons. The van der Waals surface area contributed by atoms with Gasteiger partial charge < -0.3 is 19.7 Å². The van der Waals surface area contributed by atoms with E-state index in [-0.39, 0.29) is 0 Å². The van der Waals surface area contributed by atoms with Crippen LogP contribution in [0.4, 0.5) is 0 Å². The van der Waals surface area contributed by atoms with Crippen LogP contribution in [0, 0.1) is 0 Å². The summed E-state index contributed by atoms with van der Waals surface area (Å²) in [7, 11) is 3.61. The van der Waals surface area contributed by atoms with E-state index >= 15 is 0 Å². The minimum Gasteiger partial charge on any atom is -0.385 e. The van der Waals surface area contributed by atoms with Crippen molar-refractivity contribution in [2.24, 2.45) is 4.99 Å². The second kappa shape index (κ2) is 13.1. The first-order valence-electron chi connectivity index (χ1n) is 11.5. The molecule has 1 aliphatic heterocycles. The maximum absolute atomic E-state index is 5.99. The molecule has 168 valence electrons. The molecule has 1 saturated heterocycles. The Morgan fingerprint density at radius 2 is 1.61 bits per heavy atom. The number of hydrogen-bond acceptors (Lipinski definition) is 3. The molecule has 3 rings (SSSR count). The Bertz CT molecular complexity index is 719. The molecular weight excluding hydrogens is 386 g/mol. The Morgan fingerprint density at radius 3 is 2.16 bits per heavy atom. The summed E-state index contributed by atoms with van der Waals surface area (Å²) in [5.74, 6) is 1.37. The molecule has 2 aromatic carbocycles. The Balaban J connectivity index is 1.49. The molecule has 0 spiro atoms. The topological polar surface area (TPSA) is 46.1 Å². The SMILES string of the molecule is CN=C(NCCC(c1ccccc1)c1ccccc1)N1CCC(OCCCOC)CC1. The number of likely N-dealkylation sites (tertiary alicyclic amines) is 1. The smallest absolute Gasteiger partial charge is 0.193 e. The quantitative estimate of drug-likeness (QED) is 0.352. The molecule has 1 heterocycles. The van der Waals surface area contributed by atoms with Gasteiger partial charge in [-0.1, -0.05) is 60.7 Å². The van der Waals surface area contributed by atoms with E-state index < -0.39 is 0 Å². The number of hydrogen-bond donors (Lipinski definition) is 1. The van der Waals surface area contributed by atoms with Gasteiger partial charge in [-0.05, 0) is 36.8 Å². The Morgan fingerprint density at radius 1 is 1.00 bits per heavy atom. The van der Waals surface area contributed by atoms with Crippen LogP contribution in [0.2, 0.25) is 0 Å². The highest BCUT2D eigenvalue weighted by Crippen LogP contribution is 2.27. The average molecular weight is 424 g/mol. The van der Waals surface area contributed by atoms with Gasteiger partial charge in [0.15, 0.2) is 5.96 Å². The highest BCUT2D eigenvalue weighted by atomic mass is 16.5. The largest absolute Gasteiger partial charge is 0.385 e. The lowest BCUT2D eigenvalue weighted by atomic mass is 9.88. The maximum atomic E-state index is 5.99. The van der Waals surface area contributed by atoms with E-state index in [2.05, 4.69) is 75.9 Å². The lowest BCUT2D eigenvalue weighted by molar-refractivity contribution is 0.00991. The summed E-state index contributed by atoms with van der Waals surface area (Å²) in [5.41, 5.74) is 2.72. The minimum atomic E-state index is 0.353. The number of nitrogens with zero attached hydrogens (tertiary/aromatic N) is 2. The molecule has 5 nitrogen and oxygen atoms in total. The summed E-state index contributed by atoms with van der Waals surface area (Å²) in [6, 6.07) is 21.6. The summed E-state index contributed by atoms with van der Waals surface area (Å²) >= 11 is 0. The number of methoxy groups -OCH3 is 1. The van der Waals surface area contributed by atoms with Crippen molar-refractivity contribution in [2.75, 3.05) is 47.0 Å². The monoisotopic (exact) mass is 423 g/mol. The van der Waals surface area contributed by atoms with E-state index in [1.807, 2.05) is 7.05 Å². The first kappa shape index (κ1) is 23.3. The van der Waals surface area contributed by atoms with Crippen molar-refractivity contribution >= 4 is 5.96 Å². The molecule has 0 bridgehead atoms. The van der Waals surface area contributed by atoms with Crippen LogP contribution in [0.1, 0.15) is 42.7 Å². The average Bonchev–Trinajstić information content (AvgIpc) is 2.84. The minimum absolute atomic E-state index is 0.353. The predicted molar refractivity (Wildman–Crippen MR) is 128 cm³/mol. The number of guanidine groups is 1. The molecule has 2 aromatic rings. The fourth-order valence-corrected chi connectivity index (χ4v) is 4.24. The molecule has 0 saturated carbocycles. The van der Waals surface area contributed by atoms with Gasteiger partial charge in [-0.25, -0.2) is 0 Å². The van der Waals surface area contributed by atoms with Crippen molar-refractivity contribution in [3.05, 3.63) is 71.8 Å². The van der Waals surface area contributed by atoms with Gasteiger partial charge in [-0.3, -0.25) is 4.99 Å². The number of aliphatic imine (C=N–C) groups is 1. The molecule has 1 aliphatic rings. The maximum Gasteiger partial charge on any atom is 0.193 e. The summed E-state index contributed by atoms with van der Waals surface area (Å²) in [4.78, 5) is 6.90. The number of piperidine rings is 1. The van der Waals surface area contributed by atoms with Gasteiger partial charge in [0.05, 0.1) is 6.10 Å². The lowest BCUT2D eigenvalue weighted by Crippen LogP contribution is -2.47. The van der Waals surface area contributed by atoms with Gasteiger partial charge >= 0.3 is 0 Å². The highest BCUT2D eigenvalue weighted by molar-refractivity contribution is 5.79. The zero-order valence-electron chi connectivity index (χ0n) is 19.0. The third-order valence-corrected chi connectivity index (χ3v) is 5.92. The molecule has 0 amide bonds. The van der Waals surface area contributed by atoms with E-state index in [9.17, 15) is 0 Å². The predicted octanol–water partition coefficient (Wildman–Crippen LogP) is 4.30. The normalized spacial score (nSPS) is 15.5. The Hall–Kier alpha value is -2.37. The molecule has 0 aromatic heterocycles. The van der Waals surface area contributed by atoms with Crippen LogP contribution in [0.25, 0.3) is 0 Å². The second-order valence-electron chi connectivity index (χ2n) is 8.04. The molecule has 0 unspecified atom stereocenters. The molecule has 5 heteroatoms. The van der Waals surface area contributed by atoms with Crippen LogP contribution >= 0.6 is 0 Å². The van der Waals surface area contributed by atoms with Crippen molar-refractivity contribution in [2.45, 2.75) is 37.7 Å². The Kier molecular flexibility index (Phi) is 9.87. The zero-order chi connectivity index (χ0) is 21.7. The third-order valence-electron chi connectivity index (χ3n) is 5.92. The van der Waals surface area contributed by atoms with Gasteiger partial charge in [0.25, 0.3) is 0 Å². The summed E-state index contributed by atoms with van der Waals surface area (Å²) in [6.07, 6.45) is 4.43. The van der Waals surface area contributed by atoms with Gasteiger partial charge in [-0.15, -0.1) is 0 Å². The fraction of sp³-hybridized carbons (Fsp3) is 0.500. The van der Waals surface area contributed by atoms with Crippen LogP contribution < -0.4 is 5.32 Å². The van der Waals surface area contributed by atoms with Crippen LogP contribution in [-0.2, 0) is 9.47 Å². The van der Waals surface area contributed by atoms with Crippen molar-refractivity contribution < 1.29 is 9.47 Å². The number of nitrogens with one attached hydrogen (secondary N) is 1. The molecule has 1 fully saturated rings. The van der Waals surface area contributed by atoms with E-state index in [1.54, 1.807) is 7.11 Å². The molecule has 1 N–H and O–H groups in total. The van der Waals surface area contributed by atoms with Crippen molar-refractivity contribution in [1.29, 1.82) is 0 Å². The van der Waals surface area contributed by atoms with Crippen LogP contribution in [-0.4, -0.2) is 64.0 Å². The van der Waals surface area contributed by atoms with Gasteiger partial charge in [-0.2, -0.15) is 0 Å². The van der Waals surface area contributed by atoms with E-state index in [1.165, 1.54) is 11.1 Å². The van der Waals surface area contributed by atoms with E-state index in [0.717, 1.165) is 64.5 Å². The number of benzene rings is 2. The fourth-order valence-electron chi connectivity index (χ4n) is 4.24. The second-order valence-corrected chi connectivity index (χ2v) is 8.04. The van der Waals surface area contributed by atoms with Crippen molar-refractivity contribution in [3.8, 4) is 0 Å². The lowest BCUT2D eigenvalue weighted by Gasteiger charge is -2.34. The summed E-state index contributed by atoms with van der Waals surface area (Å²) in [6.45, 7) is 4.40. The molecule has 0 atom stereocenters. The summed E-state index contributed by atoms with van der Waals surface area (Å²) in [5, 5.41) is 3.60. The van der Waals surface area contributed by atoms with Gasteiger partial charge in [0.2, 0.25) is 0 Å². The highest BCUT2D eigenvalue weighted by Gasteiger charge is 2.22. The molecular formula is C26H37N3O2. The number of rotatable bonds is 10. The van der Waals surface area contributed by atoms with Crippen molar-refractivity contribution in [1.82, 2.24) is 10.2 Å². The van der Waals surface area contributed by atoms with E-state index in [4.69, 9.17) is 9.47 Å². The van der Waals surface area contributed by atoms with Crippen LogP contribution in [0.5, 0.6) is 0 Å². The molecule has 31 heavy (non-hydrogen) atoms. The zero-order valence-corrected chi connectivity index (χ0v) is 19.0. The van der Waals surface area contributed by atoms with E-state index in [0.29, 0.717) is 12.0 Å². The van der Waals surface area contributed by atoms with Gasteiger partial charge in [0, 0.05) is 52.9 Å².